The van der Waals surface area contributed by atoms with Crippen molar-refractivity contribution >= 4 is 5.91 Å². The number of nitrogens with zero attached hydrogens (tertiary/aromatic N) is 1. The Morgan fingerprint density at radius 1 is 1.38 bits per heavy atom. The number of amides is 1. The Balaban J connectivity index is 2.01. The molecule has 1 aromatic carbocycles. The van der Waals surface area contributed by atoms with Crippen molar-refractivity contribution in [1.82, 2.24) is 4.90 Å². The molecule has 0 bridgehead atoms. The number of carbonyl (C=O) groups excluding carboxylic acids is 1. The molecule has 1 atom stereocenters. The van der Waals surface area contributed by atoms with Gasteiger partial charge in [0.2, 0.25) is 0 Å². The zero-order valence-electron chi connectivity index (χ0n) is 9.77. The van der Waals surface area contributed by atoms with Crippen LogP contribution in [0.4, 0.5) is 0 Å². The van der Waals surface area contributed by atoms with Gasteiger partial charge in [-0.2, -0.15) is 0 Å². The lowest BCUT2D eigenvalue weighted by Crippen LogP contribution is -2.29. The third-order valence-electron chi connectivity index (χ3n) is 2.99. The molecular formula is C13H17NO2. The van der Waals surface area contributed by atoms with E-state index in [1.807, 2.05) is 31.3 Å². The van der Waals surface area contributed by atoms with Crippen LogP contribution in [0.25, 0.3) is 0 Å². The summed E-state index contributed by atoms with van der Waals surface area (Å²) in [6, 6.07) is 7.95. The van der Waals surface area contributed by atoms with Gasteiger partial charge in [0.05, 0.1) is 0 Å². The second kappa shape index (κ2) is 4.56. The fraction of sp³-hybridized carbons (Fsp3) is 0.462. The third-order valence-corrected chi connectivity index (χ3v) is 2.99. The molecule has 1 fully saturated rings. The van der Waals surface area contributed by atoms with E-state index in [9.17, 15) is 4.79 Å². The van der Waals surface area contributed by atoms with Crippen molar-refractivity contribution in [3.05, 3.63) is 29.8 Å². The van der Waals surface area contributed by atoms with Crippen LogP contribution in [-0.4, -0.2) is 30.5 Å². The Kier molecular flexibility index (Phi) is 3.13. The van der Waals surface area contributed by atoms with Gasteiger partial charge in [-0.15, -0.1) is 0 Å². The highest BCUT2D eigenvalue weighted by Crippen LogP contribution is 2.19. The molecule has 3 nitrogen and oxygen atoms in total. The van der Waals surface area contributed by atoms with E-state index in [0.717, 1.165) is 25.1 Å². The molecule has 0 N–H and O–H groups in total. The first-order valence-corrected chi connectivity index (χ1v) is 5.71. The maximum absolute atomic E-state index is 11.6. The van der Waals surface area contributed by atoms with E-state index in [4.69, 9.17) is 4.74 Å². The molecule has 1 unspecified atom stereocenters. The molecule has 2 rings (SSSR count). The second-order valence-electron chi connectivity index (χ2n) is 4.15. The Morgan fingerprint density at radius 2 is 2.06 bits per heavy atom. The molecule has 0 aliphatic carbocycles. The van der Waals surface area contributed by atoms with E-state index < -0.39 is 0 Å². The smallest absolute Gasteiger partial charge is 0.263 e. The Hall–Kier alpha value is -1.51. The molecule has 0 radical (unpaired) electrons. The first-order valence-electron chi connectivity index (χ1n) is 5.71. The third kappa shape index (κ3) is 2.18. The SMILES string of the molecule is CCc1ccc(OC2CCN(C)C2=O)cc1. The number of likely N-dealkylation sites (N-methyl/N-ethyl adjacent to an activating group) is 1. The highest BCUT2D eigenvalue weighted by atomic mass is 16.5. The molecule has 1 aliphatic heterocycles. The Morgan fingerprint density at radius 3 is 2.56 bits per heavy atom. The van der Waals surface area contributed by atoms with Crippen molar-refractivity contribution in [3.63, 3.8) is 0 Å². The number of benzene rings is 1. The predicted octanol–water partition coefficient (Wildman–Crippen LogP) is 1.86. The number of carbonyl (C=O) groups is 1. The molecule has 1 saturated heterocycles. The van der Waals surface area contributed by atoms with Crippen LogP contribution in [0.5, 0.6) is 5.75 Å². The molecule has 16 heavy (non-hydrogen) atoms. The minimum absolute atomic E-state index is 0.0829. The lowest BCUT2D eigenvalue weighted by atomic mass is 10.2. The number of ether oxygens (including phenoxy) is 1. The first kappa shape index (κ1) is 11.0. The van der Waals surface area contributed by atoms with Gasteiger partial charge < -0.3 is 9.64 Å². The fourth-order valence-corrected chi connectivity index (χ4v) is 1.87. The van der Waals surface area contributed by atoms with Gasteiger partial charge in [-0.25, -0.2) is 0 Å². The van der Waals surface area contributed by atoms with Crippen LogP contribution in [-0.2, 0) is 11.2 Å². The molecule has 0 spiro atoms. The quantitative estimate of drug-likeness (QED) is 0.776. The van der Waals surface area contributed by atoms with Crippen molar-refractivity contribution in [2.45, 2.75) is 25.9 Å². The van der Waals surface area contributed by atoms with Gasteiger partial charge >= 0.3 is 0 Å². The molecule has 3 heteroatoms. The van der Waals surface area contributed by atoms with Gasteiger partial charge in [-0.05, 0) is 24.1 Å². The highest BCUT2D eigenvalue weighted by molar-refractivity contribution is 5.83. The average molecular weight is 219 g/mol. The molecule has 0 saturated carbocycles. The highest BCUT2D eigenvalue weighted by Gasteiger charge is 2.30. The maximum atomic E-state index is 11.6. The molecule has 86 valence electrons. The molecular weight excluding hydrogens is 202 g/mol. The minimum Gasteiger partial charge on any atom is -0.481 e. The normalized spacial score (nSPS) is 20.2. The Bertz CT molecular complexity index is 372. The summed E-state index contributed by atoms with van der Waals surface area (Å²) < 4.78 is 5.67. The van der Waals surface area contributed by atoms with E-state index in [-0.39, 0.29) is 12.0 Å². The van der Waals surface area contributed by atoms with Crippen molar-refractivity contribution < 1.29 is 9.53 Å². The summed E-state index contributed by atoms with van der Waals surface area (Å²) in [6.45, 7) is 2.90. The van der Waals surface area contributed by atoms with Crippen molar-refractivity contribution in [2.75, 3.05) is 13.6 Å². The Labute approximate surface area is 96.0 Å². The summed E-state index contributed by atoms with van der Waals surface area (Å²) in [5.74, 6) is 0.866. The van der Waals surface area contributed by atoms with Gasteiger partial charge in [0.25, 0.3) is 5.91 Å². The van der Waals surface area contributed by atoms with Crippen molar-refractivity contribution in [2.24, 2.45) is 0 Å². The number of aryl methyl sites for hydroxylation is 1. The van der Waals surface area contributed by atoms with Crippen LogP contribution in [0.15, 0.2) is 24.3 Å². The van der Waals surface area contributed by atoms with Crippen LogP contribution in [0, 0.1) is 0 Å². The molecule has 0 aromatic heterocycles. The monoisotopic (exact) mass is 219 g/mol. The number of hydrogen-bond donors (Lipinski definition) is 0. The van der Waals surface area contributed by atoms with E-state index in [0.29, 0.717) is 0 Å². The van der Waals surface area contributed by atoms with Crippen LogP contribution in [0.1, 0.15) is 18.9 Å². The zero-order valence-corrected chi connectivity index (χ0v) is 9.77. The van der Waals surface area contributed by atoms with Crippen LogP contribution in [0.3, 0.4) is 0 Å². The summed E-state index contributed by atoms with van der Waals surface area (Å²) >= 11 is 0. The van der Waals surface area contributed by atoms with Gasteiger partial charge in [0.1, 0.15) is 5.75 Å². The topological polar surface area (TPSA) is 29.5 Å². The zero-order chi connectivity index (χ0) is 11.5. The molecule has 1 aromatic rings. The van der Waals surface area contributed by atoms with E-state index in [1.165, 1.54) is 5.56 Å². The van der Waals surface area contributed by atoms with E-state index in [1.54, 1.807) is 4.90 Å². The number of hydrogen-bond acceptors (Lipinski definition) is 2. The van der Waals surface area contributed by atoms with Gasteiger partial charge in [0.15, 0.2) is 6.10 Å². The summed E-state index contributed by atoms with van der Waals surface area (Å²) in [5, 5.41) is 0. The van der Waals surface area contributed by atoms with Gasteiger partial charge in [-0.1, -0.05) is 19.1 Å². The number of likely N-dealkylation sites (tertiary alicyclic amines) is 1. The van der Waals surface area contributed by atoms with Crippen LogP contribution < -0.4 is 4.74 Å². The maximum Gasteiger partial charge on any atom is 0.263 e. The van der Waals surface area contributed by atoms with E-state index >= 15 is 0 Å². The first-order chi connectivity index (χ1) is 7.70. The lowest BCUT2D eigenvalue weighted by molar-refractivity contribution is -0.132. The van der Waals surface area contributed by atoms with Crippen LogP contribution in [0.2, 0.25) is 0 Å². The van der Waals surface area contributed by atoms with E-state index in [2.05, 4.69) is 6.92 Å². The minimum atomic E-state index is -0.294. The number of rotatable bonds is 3. The lowest BCUT2D eigenvalue weighted by Gasteiger charge is -2.13. The van der Waals surface area contributed by atoms with Gasteiger partial charge in [-0.3, -0.25) is 4.79 Å². The molecule has 1 heterocycles. The second-order valence-corrected chi connectivity index (χ2v) is 4.15. The predicted molar refractivity (Wildman–Crippen MR) is 62.5 cm³/mol. The largest absolute Gasteiger partial charge is 0.481 e. The molecule has 1 amide bonds. The average Bonchev–Trinajstić information content (AvgIpc) is 2.62. The molecule has 1 aliphatic rings. The summed E-state index contributed by atoms with van der Waals surface area (Å²) in [7, 11) is 1.81. The fourth-order valence-electron chi connectivity index (χ4n) is 1.87. The summed E-state index contributed by atoms with van der Waals surface area (Å²) in [5.41, 5.74) is 1.28. The van der Waals surface area contributed by atoms with Crippen molar-refractivity contribution in [1.29, 1.82) is 0 Å². The summed E-state index contributed by atoms with van der Waals surface area (Å²) in [4.78, 5) is 13.3. The van der Waals surface area contributed by atoms with Crippen LogP contribution >= 0.6 is 0 Å². The van der Waals surface area contributed by atoms with Crippen molar-refractivity contribution in [3.8, 4) is 5.75 Å². The van der Waals surface area contributed by atoms with Gasteiger partial charge in [0, 0.05) is 20.0 Å². The summed E-state index contributed by atoms with van der Waals surface area (Å²) in [6.07, 6.45) is 1.51. The standard InChI is InChI=1S/C13H17NO2/c1-3-10-4-6-11(7-5-10)16-12-8-9-14(2)13(12)15/h4-7,12H,3,8-9H2,1-2H3.